The molecule has 0 bridgehead atoms. The first-order chi connectivity index (χ1) is 16.0. The Hall–Kier alpha value is -3.16. The van der Waals surface area contributed by atoms with E-state index in [1.807, 2.05) is 6.07 Å². The van der Waals surface area contributed by atoms with Crippen LogP contribution in [-0.4, -0.2) is 53.2 Å². The van der Waals surface area contributed by atoms with Crippen LogP contribution in [0, 0.1) is 11.6 Å². The number of hydrogen-bond acceptors (Lipinski definition) is 3. The number of fused-ring (bicyclic) bond motifs is 6. The standard InChI is InChI=1S/C26H26F2N4O/c1-14-12-32(13-15(2)29-14)7-8-33-26-24-20(18-9-16(27)3-5-22(18)30-24)11-21-19-10-17(28)4-6-23(19)31-25(21)26/h3-6,9-11,14-15,29-31H,7-8,12-13H2,1-2H3. The van der Waals surface area contributed by atoms with E-state index < -0.39 is 0 Å². The van der Waals surface area contributed by atoms with Crippen LogP contribution in [0.3, 0.4) is 0 Å². The number of rotatable bonds is 4. The number of nitrogens with one attached hydrogen (secondary N) is 3. The van der Waals surface area contributed by atoms with Crippen molar-refractivity contribution >= 4 is 43.6 Å². The van der Waals surface area contributed by atoms with Gasteiger partial charge in [-0.3, -0.25) is 4.90 Å². The average molecular weight is 449 g/mol. The molecule has 1 aliphatic rings. The molecule has 0 radical (unpaired) electrons. The maximum absolute atomic E-state index is 14.1. The fourth-order valence-corrected chi connectivity index (χ4v) is 5.34. The summed E-state index contributed by atoms with van der Waals surface area (Å²) >= 11 is 0. The van der Waals surface area contributed by atoms with Gasteiger partial charge in [-0.25, -0.2) is 8.78 Å². The van der Waals surface area contributed by atoms with E-state index in [1.165, 1.54) is 24.3 Å². The molecule has 170 valence electrons. The molecule has 5 aromatic rings. The van der Waals surface area contributed by atoms with E-state index in [0.717, 1.165) is 63.2 Å². The summed E-state index contributed by atoms with van der Waals surface area (Å²) < 4.78 is 34.5. The summed E-state index contributed by atoms with van der Waals surface area (Å²) in [6.07, 6.45) is 0. The van der Waals surface area contributed by atoms with Gasteiger partial charge in [0.05, 0.1) is 11.0 Å². The van der Waals surface area contributed by atoms with Gasteiger partial charge in [-0.15, -0.1) is 0 Å². The summed E-state index contributed by atoms with van der Waals surface area (Å²) in [5.41, 5.74) is 3.31. The lowest BCUT2D eigenvalue weighted by Gasteiger charge is -2.36. The highest BCUT2D eigenvalue weighted by Gasteiger charge is 2.22. The molecule has 33 heavy (non-hydrogen) atoms. The predicted molar refractivity (Wildman–Crippen MR) is 129 cm³/mol. The van der Waals surface area contributed by atoms with Crippen molar-refractivity contribution < 1.29 is 13.5 Å². The molecule has 3 aromatic carbocycles. The Morgan fingerprint density at radius 2 is 1.36 bits per heavy atom. The Balaban J connectivity index is 1.47. The Morgan fingerprint density at radius 3 is 1.91 bits per heavy atom. The number of nitrogens with zero attached hydrogens (tertiary/aromatic N) is 1. The van der Waals surface area contributed by atoms with Crippen molar-refractivity contribution in [3.8, 4) is 5.75 Å². The molecule has 1 fully saturated rings. The van der Waals surface area contributed by atoms with Crippen molar-refractivity contribution in [2.75, 3.05) is 26.2 Å². The van der Waals surface area contributed by atoms with Gasteiger partial charge in [0.25, 0.3) is 0 Å². The summed E-state index contributed by atoms with van der Waals surface area (Å²) in [6, 6.07) is 12.3. The highest BCUT2D eigenvalue weighted by atomic mass is 19.1. The van der Waals surface area contributed by atoms with Crippen molar-refractivity contribution in [2.45, 2.75) is 25.9 Å². The molecular weight excluding hydrogens is 422 g/mol. The molecular formula is C26H26F2N4O. The van der Waals surface area contributed by atoms with Crippen LogP contribution in [0.25, 0.3) is 43.6 Å². The summed E-state index contributed by atoms with van der Waals surface area (Å²) in [6.45, 7) is 7.66. The van der Waals surface area contributed by atoms with Gasteiger partial charge in [-0.05, 0) is 56.3 Å². The molecule has 0 amide bonds. The van der Waals surface area contributed by atoms with Crippen LogP contribution in [0.5, 0.6) is 5.75 Å². The minimum Gasteiger partial charge on any atom is -0.488 e. The van der Waals surface area contributed by atoms with E-state index in [0.29, 0.717) is 24.4 Å². The van der Waals surface area contributed by atoms with Crippen molar-refractivity contribution in [1.29, 1.82) is 0 Å². The fourth-order valence-electron chi connectivity index (χ4n) is 5.34. The molecule has 1 aliphatic heterocycles. The minimum absolute atomic E-state index is 0.294. The summed E-state index contributed by atoms with van der Waals surface area (Å²) in [7, 11) is 0. The highest BCUT2D eigenvalue weighted by molar-refractivity contribution is 6.20. The van der Waals surface area contributed by atoms with Gasteiger partial charge < -0.3 is 20.0 Å². The van der Waals surface area contributed by atoms with Crippen LogP contribution < -0.4 is 10.1 Å². The lowest BCUT2D eigenvalue weighted by molar-refractivity contribution is 0.147. The number of hydrogen-bond donors (Lipinski definition) is 3. The Morgan fingerprint density at radius 1 is 0.818 bits per heavy atom. The third-order valence-electron chi connectivity index (χ3n) is 6.63. The monoisotopic (exact) mass is 448 g/mol. The zero-order valence-corrected chi connectivity index (χ0v) is 18.6. The van der Waals surface area contributed by atoms with Gasteiger partial charge >= 0.3 is 0 Å². The predicted octanol–water partition coefficient (Wildman–Crippen LogP) is 5.29. The second-order valence-electron chi connectivity index (χ2n) is 9.26. The molecule has 2 aromatic heterocycles. The van der Waals surface area contributed by atoms with Crippen LogP contribution in [-0.2, 0) is 0 Å². The molecule has 1 saturated heterocycles. The summed E-state index contributed by atoms with van der Waals surface area (Å²) in [5.74, 6) is 0.0997. The summed E-state index contributed by atoms with van der Waals surface area (Å²) in [5, 5.41) is 6.84. The number of H-pyrrole nitrogens is 2. The largest absolute Gasteiger partial charge is 0.488 e. The molecule has 6 rings (SSSR count). The molecule has 7 heteroatoms. The average Bonchev–Trinajstić information content (AvgIpc) is 3.30. The normalized spacial score (nSPS) is 19.9. The van der Waals surface area contributed by atoms with Crippen LogP contribution in [0.15, 0.2) is 42.5 Å². The Kier molecular flexibility index (Phi) is 4.78. The molecule has 5 nitrogen and oxygen atoms in total. The van der Waals surface area contributed by atoms with E-state index in [2.05, 4.69) is 34.0 Å². The molecule has 0 saturated carbocycles. The Bertz CT molecular complexity index is 1400. The van der Waals surface area contributed by atoms with Gasteiger partial charge in [-0.2, -0.15) is 0 Å². The SMILES string of the molecule is CC1CN(CCOc2c3[nH]c4ccc(F)cc4c3cc3c2[nH]c2ccc(F)cc23)CC(C)N1. The van der Waals surface area contributed by atoms with Gasteiger partial charge in [0.15, 0.2) is 5.75 Å². The van der Waals surface area contributed by atoms with Crippen molar-refractivity contribution in [1.82, 2.24) is 20.2 Å². The lowest BCUT2D eigenvalue weighted by Crippen LogP contribution is -2.54. The van der Waals surface area contributed by atoms with E-state index in [-0.39, 0.29) is 11.6 Å². The molecule has 2 unspecified atom stereocenters. The van der Waals surface area contributed by atoms with Crippen molar-refractivity contribution in [3.63, 3.8) is 0 Å². The number of piperazine rings is 1. The zero-order chi connectivity index (χ0) is 22.7. The first kappa shape index (κ1) is 20.4. The molecule has 3 heterocycles. The first-order valence-electron chi connectivity index (χ1n) is 11.4. The lowest BCUT2D eigenvalue weighted by atomic mass is 10.1. The van der Waals surface area contributed by atoms with Crippen LogP contribution in [0.1, 0.15) is 13.8 Å². The van der Waals surface area contributed by atoms with Crippen LogP contribution in [0.4, 0.5) is 8.78 Å². The third kappa shape index (κ3) is 3.52. The molecule has 0 aliphatic carbocycles. The van der Waals surface area contributed by atoms with Gasteiger partial charge in [0.2, 0.25) is 0 Å². The van der Waals surface area contributed by atoms with Crippen molar-refractivity contribution in [2.24, 2.45) is 0 Å². The topological polar surface area (TPSA) is 56.1 Å². The fraction of sp³-hybridized carbons (Fsp3) is 0.308. The maximum Gasteiger partial charge on any atom is 0.167 e. The number of aromatic amines is 2. The second kappa shape index (κ2) is 7.71. The molecule has 3 N–H and O–H groups in total. The molecule has 2 atom stereocenters. The third-order valence-corrected chi connectivity index (χ3v) is 6.63. The number of aromatic nitrogens is 2. The maximum atomic E-state index is 14.1. The highest BCUT2D eigenvalue weighted by Crippen LogP contribution is 2.41. The van der Waals surface area contributed by atoms with Crippen LogP contribution in [0.2, 0.25) is 0 Å². The quantitative estimate of drug-likeness (QED) is 0.350. The molecule has 0 spiro atoms. The van der Waals surface area contributed by atoms with Gasteiger partial charge in [0, 0.05) is 64.3 Å². The van der Waals surface area contributed by atoms with Crippen LogP contribution >= 0.6 is 0 Å². The number of ether oxygens (including phenoxy) is 1. The second-order valence-corrected chi connectivity index (χ2v) is 9.26. The number of halogens is 2. The van der Waals surface area contributed by atoms with E-state index in [1.54, 1.807) is 12.1 Å². The minimum atomic E-state index is -0.294. The van der Waals surface area contributed by atoms with E-state index >= 15 is 0 Å². The zero-order valence-electron chi connectivity index (χ0n) is 18.6. The summed E-state index contributed by atoms with van der Waals surface area (Å²) in [4.78, 5) is 9.24. The first-order valence-corrected chi connectivity index (χ1v) is 11.4. The van der Waals surface area contributed by atoms with E-state index in [9.17, 15) is 8.78 Å². The van der Waals surface area contributed by atoms with Gasteiger partial charge in [-0.1, -0.05) is 0 Å². The Labute approximate surface area is 189 Å². The van der Waals surface area contributed by atoms with Crippen molar-refractivity contribution in [3.05, 3.63) is 54.1 Å². The van der Waals surface area contributed by atoms with E-state index in [4.69, 9.17) is 4.74 Å². The smallest absolute Gasteiger partial charge is 0.167 e. The number of benzene rings is 3. The van der Waals surface area contributed by atoms with Gasteiger partial charge in [0.1, 0.15) is 18.2 Å².